The van der Waals surface area contributed by atoms with Crippen molar-refractivity contribution in [1.29, 1.82) is 0 Å². The van der Waals surface area contributed by atoms with Gasteiger partial charge in [-0.05, 0) is 77.6 Å². The number of nitrogens with one attached hydrogen (secondary N) is 2. The Labute approximate surface area is 348 Å². The molecular formula is C50H57N4O5+. The summed E-state index contributed by atoms with van der Waals surface area (Å²) in [5.41, 5.74) is 14.3. The molecule has 0 saturated heterocycles. The third-order valence-corrected chi connectivity index (χ3v) is 12.7. The first kappa shape index (κ1) is 40.8. The Morgan fingerprint density at radius 2 is 1.88 bits per heavy atom. The summed E-state index contributed by atoms with van der Waals surface area (Å²) in [4.78, 5) is 18.9. The van der Waals surface area contributed by atoms with Crippen LogP contribution in [0.3, 0.4) is 0 Å². The quantitative estimate of drug-likeness (QED) is 0.0775. The predicted octanol–water partition coefficient (Wildman–Crippen LogP) is 5.96. The number of aliphatic hydroxyl groups excluding tert-OH is 2. The van der Waals surface area contributed by atoms with Crippen LogP contribution in [0.4, 0.5) is 0 Å². The third-order valence-electron chi connectivity index (χ3n) is 12.7. The van der Waals surface area contributed by atoms with E-state index in [1.165, 1.54) is 5.56 Å². The van der Waals surface area contributed by atoms with Crippen LogP contribution < -0.4 is 25.4 Å². The van der Waals surface area contributed by atoms with Crippen molar-refractivity contribution in [2.24, 2.45) is 22.1 Å². The molecule has 6 atom stereocenters. The fourth-order valence-electron chi connectivity index (χ4n) is 9.34. The minimum atomic E-state index is -1.04. The Morgan fingerprint density at radius 3 is 2.71 bits per heavy atom. The van der Waals surface area contributed by atoms with Gasteiger partial charge in [-0.25, -0.2) is 0 Å². The molecule has 4 heterocycles. The SMILES string of the molecule is CCCCCC(O)CC(=O)CCc1ccc2c(c1)OC1C(C#CC(O)c3ccc(C(N)NCCc4ccccc4)cc3CC3=CN=C4C[NH+]1C=C34)C1(C#CO2)CCCC1. The van der Waals surface area contributed by atoms with Gasteiger partial charge in [0.25, 0.3) is 6.23 Å². The number of Topliss-reactive ketones (excluding diaryl/α,β-unsaturated/α-hetero) is 1. The zero-order chi connectivity index (χ0) is 40.8. The van der Waals surface area contributed by atoms with Gasteiger partial charge in [0.05, 0.1) is 23.3 Å². The Hall–Kier alpha value is -5.00. The number of nitrogens with zero attached hydrogens (tertiary/aromatic N) is 1. The van der Waals surface area contributed by atoms with Crippen LogP contribution in [0.25, 0.3) is 0 Å². The monoisotopic (exact) mass is 793 g/mol. The normalized spacial score (nSPS) is 23.2. The number of carbonyl (C=O) groups excluding carboxylic acids is 1. The van der Waals surface area contributed by atoms with Gasteiger partial charge in [-0.1, -0.05) is 111 Å². The van der Waals surface area contributed by atoms with Crippen LogP contribution in [0, 0.1) is 35.2 Å². The largest absolute Gasteiger partial charge is 0.437 e. The fourth-order valence-corrected chi connectivity index (χ4v) is 9.34. The van der Waals surface area contributed by atoms with E-state index in [0.717, 1.165) is 102 Å². The highest BCUT2D eigenvalue weighted by Gasteiger charge is 2.51. The highest BCUT2D eigenvalue weighted by atomic mass is 16.5. The molecule has 0 radical (unpaired) electrons. The van der Waals surface area contributed by atoms with Gasteiger partial charge < -0.3 is 25.4 Å². The topological polar surface area (TPSA) is 131 Å². The summed E-state index contributed by atoms with van der Waals surface area (Å²) in [6.07, 6.45) is 14.7. The van der Waals surface area contributed by atoms with Crippen LogP contribution in [-0.2, 0) is 24.1 Å². The Balaban J connectivity index is 1.09. The Kier molecular flexibility index (Phi) is 12.8. The molecule has 2 bridgehead atoms. The molecule has 0 aromatic heterocycles. The summed E-state index contributed by atoms with van der Waals surface area (Å²) in [5.74, 6) is 11.2. The second-order valence-electron chi connectivity index (χ2n) is 16.9. The number of hydrogen-bond acceptors (Lipinski definition) is 8. The van der Waals surface area contributed by atoms with Crippen LogP contribution in [0.1, 0.15) is 111 Å². The van der Waals surface area contributed by atoms with Crippen molar-refractivity contribution in [1.82, 2.24) is 5.32 Å². The molecule has 3 aromatic carbocycles. The van der Waals surface area contributed by atoms with E-state index in [1.807, 2.05) is 42.6 Å². The number of aliphatic hydroxyl groups is 2. The first-order chi connectivity index (χ1) is 28.8. The van der Waals surface area contributed by atoms with Gasteiger partial charge in [0.15, 0.2) is 11.5 Å². The summed E-state index contributed by atoms with van der Waals surface area (Å²) in [5, 5.41) is 25.8. The molecule has 59 heavy (non-hydrogen) atoms. The van der Waals surface area contributed by atoms with E-state index in [9.17, 15) is 15.0 Å². The van der Waals surface area contributed by atoms with Crippen molar-refractivity contribution in [2.75, 3.05) is 13.1 Å². The van der Waals surface area contributed by atoms with Crippen molar-refractivity contribution in [3.63, 3.8) is 0 Å². The summed E-state index contributed by atoms with van der Waals surface area (Å²) < 4.78 is 13.3. The number of aliphatic imine (C=N–C) groups is 1. The molecule has 3 aromatic rings. The lowest BCUT2D eigenvalue weighted by Gasteiger charge is -2.36. The van der Waals surface area contributed by atoms with Gasteiger partial charge in [0.1, 0.15) is 42.4 Å². The van der Waals surface area contributed by atoms with Gasteiger partial charge in [0.2, 0.25) is 0 Å². The minimum absolute atomic E-state index is 0.0532. The Bertz CT molecular complexity index is 2230. The molecule has 0 amide bonds. The number of ether oxygens (including phenoxy) is 2. The molecule has 8 rings (SSSR count). The zero-order valence-electron chi connectivity index (χ0n) is 34.1. The molecular weight excluding hydrogens is 737 g/mol. The van der Waals surface area contributed by atoms with Crippen LogP contribution >= 0.6 is 0 Å². The smallest absolute Gasteiger partial charge is 0.252 e. The van der Waals surface area contributed by atoms with E-state index in [2.05, 4.69) is 72.6 Å². The maximum absolute atomic E-state index is 12.9. The van der Waals surface area contributed by atoms with E-state index in [-0.39, 0.29) is 24.3 Å². The van der Waals surface area contributed by atoms with E-state index in [0.29, 0.717) is 43.7 Å². The highest BCUT2D eigenvalue weighted by molar-refractivity contribution is 6.08. The Morgan fingerprint density at radius 1 is 1.03 bits per heavy atom. The molecule has 306 valence electrons. The number of allylic oxidation sites excluding steroid dienone is 1. The van der Waals surface area contributed by atoms with Gasteiger partial charge >= 0.3 is 0 Å². The molecule has 9 heteroatoms. The van der Waals surface area contributed by atoms with Crippen LogP contribution in [0.5, 0.6) is 11.5 Å². The number of aryl methyl sites for hydroxylation is 1. The molecule has 1 saturated carbocycles. The lowest BCUT2D eigenvalue weighted by molar-refractivity contribution is -0.888. The van der Waals surface area contributed by atoms with Gasteiger partial charge in [-0.15, -0.1) is 0 Å². The van der Waals surface area contributed by atoms with Gasteiger partial charge in [-0.3, -0.25) is 20.0 Å². The number of nitrogens with two attached hydrogens (primary N) is 1. The highest BCUT2D eigenvalue weighted by Crippen LogP contribution is 2.47. The molecule has 1 spiro atoms. The average molecular weight is 794 g/mol. The van der Waals surface area contributed by atoms with Gasteiger partial charge in [0, 0.05) is 32.0 Å². The summed E-state index contributed by atoms with van der Waals surface area (Å²) >= 11 is 0. The van der Waals surface area contributed by atoms with Crippen LogP contribution in [-0.4, -0.2) is 47.1 Å². The van der Waals surface area contributed by atoms with Crippen molar-refractivity contribution in [2.45, 2.75) is 115 Å². The van der Waals surface area contributed by atoms with Crippen molar-refractivity contribution < 1.29 is 29.4 Å². The standard InChI is InChI=1S/C50H56N4O5/c1-2-3-5-12-39(55)30-40(56)16-13-35-14-20-46-47(27-35)59-49-43(50(24-26-58-46)22-8-9-23-50)18-19-45(57)41-17-15-36(48(51)52-25-21-34-10-6-4-7-11-34)28-37(41)29-38-31-53-44-33-54(49)32-42(38)44/h4,6-7,10-11,14-15,17,20,27-28,31-32,39,43,45,48-49,52,55,57H,2-3,5,8-9,12-13,16,21-23,25,29-30,33,51H2,1H3/p+1. The number of hydrogen-bond donors (Lipinski definition) is 5. The summed E-state index contributed by atoms with van der Waals surface area (Å²) in [6.45, 7) is 3.49. The molecule has 6 unspecified atom stereocenters. The number of quaternary nitrogens is 1. The van der Waals surface area contributed by atoms with Crippen molar-refractivity contribution >= 4 is 11.5 Å². The first-order valence-corrected chi connectivity index (χ1v) is 21.7. The van der Waals surface area contributed by atoms with Crippen LogP contribution in [0.15, 0.2) is 95.3 Å². The molecule has 1 fully saturated rings. The zero-order valence-corrected chi connectivity index (χ0v) is 34.1. The maximum atomic E-state index is 12.9. The molecule has 9 nitrogen and oxygen atoms in total. The number of carbonyl (C=O) groups is 1. The number of ketones is 1. The lowest BCUT2D eigenvalue weighted by Crippen LogP contribution is -3.13. The third kappa shape index (κ3) is 9.42. The average Bonchev–Trinajstić information content (AvgIpc) is 3.99. The minimum Gasteiger partial charge on any atom is -0.437 e. The number of fused-ring (bicyclic) bond motifs is 6. The summed E-state index contributed by atoms with van der Waals surface area (Å²) in [7, 11) is 0. The summed E-state index contributed by atoms with van der Waals surface area (Å²) in [6, 6.07) is 22.2. The first-order valence-electron chi connectivity index (χ1n) is 21.7. The van der Waals surface area contributed by atoms with Gasteiger partial charge in [-0.2, -0.15) is 0 Å². The molecule has 6 N–H and O–H groups in total. The second-order valence-corrected chi connectivity index (χ2v) is 16.9. The van der Waals surface area contributed by atoms with Crippen LogP contribution in [0.2, 0.25) is 0 Å². The van der Waals surface area contributed by atoms with E-state index < -0.39 is 23.9 Å². The molecule has 4 aliphatic heterocycles. The van der Waals surface area contributed by atoms with Crippen molar-refractivity contribution in [3.05, 3.63) is 118 Å². The fraction of sp³-hybridized carbons (Fsp3) is 0.440. The molecule has 1 aliphatic carbocycles. The van der Waals surface area contributed by atoms with E-state index in [4.69, 9.17) is 20.2 Å². The predicted molar refractivity (Wildman–Crippen MR) is 229 cm³/mol. The van der Waals surface area contributed by atoms with E-state index in [1.54, 1.807) is 0 Å². The van der Waals surface area contributed by atoms with E-state index >= 15 is 0 Å². The number of unbranched alkanes of at least 4 members (excludes halogenated alkanes) is 2. The molecule has 5 aliphatic rings. The maximum Gasteiger partial charge on any atom is 0.252 e. The number of benzene rings is 3. The van der Waals surface area contributed by atoms with Crippen molar-refractivity contribution in [3.8, 4) is 35.4 Å². The second kappa shape index (κ2) is 18.5. The number of rotatable bonds is 14. The lowest BCUT2D eigenvalue weighted by atomic mass is 9.73.